The van der Waals surface area contributed by atoms with Crippen molar-refractivity contribution in [3.63, 3.8) is 0 Å². The zero-order valence-electron chi connectivity index (χ0n) is 30.7. The number of carbonyl (C=O) groups excluding carboxylic acids is 5. The van der Waals surface area contributed by atoms with E-state index in [-0.39, 0.29) is 30.8 Å². The number of amides is 4. The Morgan fingerprint density at radius 1 is 0.784 bits per heavy atom. The van der Waals surface area contributed by atoms with Crippen LogP contribution in [0.1, 0.15) is 84.3 Å². The number of benzene rings is 2. The van der Waals surface area contributed by atoms with Crippen LogP contribution in [0.5, 0.6) is 5.75 Å². The standard InChI is InChI=1S/C39H54N4O8/c1-27(2)24-32(41-37(47)49-26-29-12-8-6-9-13-29)34(44)40-33(36(46)51-39(3,4)5)25-28-14-16-31(17-15-28)50-38(48)43-22-18-30(19-23-43)35(45)42-20-10-7-11-21-42/h6,8-9,12-17,27,30,32-33H,7,10-11,18-26H2,1-5H3,(H,40,44)(H,41,47). The smallest absolute Gasteiger partial charge is 0.415 e. The van der Waals surface area contributed by atoms with E-state index in [0.717, 1.165) is 31.5 Å². The van der Waals surface area contributed by atoms with Gasteiger partial charge in [-0.25, -0.2) is 14.4 Å². The number of likely N-dealkylation sites (tertiary alicyclic amines) is 2. The zero-order chi connectivity index (χ0) is 37.0. The van der Waals surface area contributed by atoms with E-state index in [9.17, 15) is 24.0 Å². The predicted molar refractivity (Wildman–Crippen MR) is 192 cm³/mol. The van der Waals surface area contributed by atoms with Crippen LogP contribution in [0.3, 0.4) is 0 Å². The summed E-state index contributed by atoms with van der Waals surface area (Å²) in [5.74, 6) is -0.629. The van der Waals surface area contributed by atoms with Gasteiger partial charge in [0.05, 0.1) is 0 Å². The van der Waals surface area contributed by atoms with E-state index in [1.807, 2.05) is 49.1 Å². The molecule has 2 heterocycles. The largest absolute Gasteiger partial charge is 0.458 e. The number of esters is 1. The second kappa shape index (κ2) is 18.6. The van der Waals surface area contributed by atoms with Gasteiger partial charge in [-0.2, -0.15) is 0 Å². The summed E-state index contributed by atoms with van der Waals surface area (Å²) in [4.78, 5) is 69.0. The summed E-state index contributed by atoms with van der Waals surface area (Å²) in [7, 11) is 0. The topological polar surface area (TPSA) is 144 Å². The number of rotatable bonds is 12. The molecule has 2 aliphatic heterocycles. The molecule has 12 heteroatoms. The first-order valence-electron chi connectivity index (χ1n) is 18.1. The van der Waals surface area contributed by atoms with Crippen molar-refractivity contribution < 1.29 is 38.2 Å². The lowest BCUT2D eigenvalue weighted by Gasteiger charge is -2.35. The summed E-state index contributed by atoms with van der Waals surface area (Å²) >= 11 is 0. The maximum atomic E-state index is 13.6. The van der Waals surface area contributed by atoms with Crippen molar-refractivity contribution >= 4 is 30.0 Å². The van der Waals surface area contributed by atoms with E-state index < -0.39 is 41.7 Å². The third-order valence-electron chi connectivity index (χ3n) is 8.87. The Balaban J connectivity index is 1.34. The molecule has 2 unspecified atom stereocenters. The highest BCUT2D eigenvalue weighted by atomic mass is 16.6. The number of carbonyl (C=O) groups is 5. The van der Waals surface area contributed by atoms with Gasteiger partial charge in [0.1, 0.15) is 30.0 Å². The molecule has 2 N–H and O–H groups in total. The van der Waals surface area contributed by atoms with Gasteiger partial charge in [0, 0.05) is 38.5 Å². The van der Waals surface area contributed by atoms with Gasteiger partial charge in [-0.15, -0.1) is 0 Å². The van der Waals surface area contributed by atoms with E-state index in [1.54, 1.807) is 49.9 Å². The van der Waals surface area contributed by atoms with Gasteiger partial charge in [0.25, 0.3) is 0 Å². The first-order chi connectivity index (χ1) is 24.3. The van der Waals surface area contributed by atoms with E-state index in [1.165, 1.54) is 6.42 Å². The molecule has 51 heavy (non-hydrogen) atoms. The fraction of sp³-hybridized carbons (Fsp3) is 0.564. The molecule has 2 fully saturated rings. The predicted octanol–water partition coefficient (Wildman–Crippen LogP) is 5.62. The molecule has 0 aliphatic carbocycles. The van der Waals surface area contributed by atoms with Gasteiger partial charge in [-0.05, 0) is 88.5 Å². The minimum Gasteiger partial charge on any atom is -0.458 e. The quantitative estimate of drug-likeness (QED) is 0.271. The Kier molecular flexibility index (Phi) is 14.3. The van der Waals surface area contributed by atoms with Crippen molar-refractivity contribution in [3.05, 3.63) is 65.7 Å². The van der Waals surface area contributed by atoms with Crippen LogP contribution >= 0.6 is 0 Å². The van der Waals surface area contributed by atoms with Gasteiger partial charge in [-0.3, -0.25) is 9.59 Å². The van der Waals surface area contributed by atoms with Crippen molar-refractivity contribution in [3.8, 4) is 5.75 Å². The van der Waals surface area contributed by atoms with Crippen LogP contribution in [0.15, 0.2) is 54.6 Å². The van der Waals surface area contributed by atoms with Crippen molar-refractivity contribution in [1.29, 1.82) is 0 Å². The molecule has 0 spiro atoms. The number of ether oxygens (including phenoxy) is 3. The molecule has 278 valence electrons. The monoisotopic (exact) mass is 706 g/mol. The highest BCUT2D eigenvalue weighted by molar-refractivity contribution is 5.90. The van der Waals surface area contributed by atoms with Crippen LogP contribution < -0.4 is 15.4 Å². The Morgan fingerprint density at radius 2 is 1.43 bits per heavy atom. The molecule has 12 nitrogen and oxygen atoms in total. The maximum Gasteiger partial charge on any atom is 0.415 e. The summed E-state index contributed by atoms with van der Waals surface area (Å²) in [5, 5.41) is 5.45. The number of nitrogens with zero attached hydrogens (tertiary/aromatic N) is 2. The Bertz CT molecular complexity index is 1460. The van der Waals surface area contributed by atoms with Crippen LogP contribution in [0, 0.1) is 11.8 Å². The first-order valence-corrected chi connectivity index (χ1v) is 18.1. The van der Waals surface area contributed by atoms with Crippen LogP contribution in [-0.4, -0.2) is 83.6 Å². The normalized spacial score (nSPS) is 16.5. The average molecular weight is 707 g/mol. The average Bonchev–Trinajstić information content (AvgIpc) is 3.10. The highest BCUT2D eigenvalue weighted by Crippen LogP contribution is 2.24. The minimum atomic E-state index is -1.06. The maximum absolute atomic E-state index is 13.6. The lowest BCUT2D eigenvalue weighted by Crippen LogP contribution is -2.53. The van der Waals surface area contributed by atoms with Crippen molar-refractivity contribution in [2.24, 2.45) is 11.8 Å². The van der Waals surface area contributed by atoms with E-state index in [0.29, 0.717) is 43.7 Å². The van der Waals surface area contributed by atoms with E-state index in [4.69, 9.17) is 14.2 Å². The highest BCUT2D eigenvalue weighted by Gasteiger charge is 2.33. The molecular weight excluding hydrogens is 652 g/mol. The minimum absolute atomic E-state index is 0.0485. The summed E-state index contributed by atoms with van der Waals surface area (Å²) < 4.78 is 16.6. The molecule has 2 aromatic rings. The molecule has 2 aromatic carbocycles. The molecule has 2 aliphatic rings. The molecular formula is C39H54N4O8. The van der Waals surface area contributed by atoms with Crippen molar-refractivity contribution in [1.82, 2.24) is 20.4 Å². The summed E-state index contributed by atoms with van der Waals surface area (Å²) in [6.07, 6.45) is 3.70. The summed E-state index contributed by atoms with van der Waals surface area (Å²) in [6, 6.07) is 13.9. The number of piperidine rings is 2. The number of nitrogens with one attached hydrogen (secondary N) is 2. The first kappa shape index (κ1) is 39.2. The number of hydrogen-bond acceptors (Lipinski definition) is 8. The molecule has 4 rings (SSSR count). The van der Waals surface area contributed by atoms with Gasteiger partial charge in [0.15, 0.2) is 0 Å². The van der Waals surface area contributed by atoms with Gasteiger partial charge >= 0.3 is 18.2 Å². The van der Waals surface area contributed by atoms with Gasteiger partial charge in [-0.1, -0.05) is 56.3 Å². The molecule has 0 aromatic heterocycles. The number of alkyl carbamates (subject to hydrolysis) is 1. The molecule has 2 atom stereocenters. The van der Waals surface area contributed by atoms with Crippen LogP contribution in [0.4, 0.5) is 9.59 Å². The van der Waals surface area contributed by atoms with Crippen molar-refractivity contribution in [2.45, 2.75) is 104 Å². The third kappa shape index (κ3) is 12.9. The molecule has 0 radical (unpaired) electrons. The SMILES string of the molecule is CC(C)CC(NC(=O)OCc1ccccc1)C(=O)NC(Cc1ccc(OC(=O)N2CCC(C(=O)N3CCCCC3)CC2)cc1)C(=O)OC(C)(C)C. The van der Waals surface area contributed by atoms with Gasteiger partial charge < -0.3 is 34.6 Å². The van der Waals surface area contributed by atoms with Crippen molar-refractivity contribution in [2.75, 3.05) is 26.2 Å². The van der Waals surface area contributed by atoms with Crippen LogP contribution in [0.2, 0.25) is 0 Å². The molecule has 0 bridgehead atoms. The lowest BCUT2D eigenvalue weighted by molar-refractivity contribution is -0.158. The van der Waals surface area contributed by atoms with Crippen LogP contribution in [0.25, 0.3) is 0 Å². The molecule has 2 saturated heterocycles. The van der Waals surface area contributed by atoms with Gasteiger partial charge in [0.2, 0.25) is 11.8 Å². The zero-order valence-corrected chi connectivity index (χ0v) is 30.7. The van der Waals surface area contributed by atoms with E-state index >= 15 is 0 Å². The molecule has 4 amide bonds. The second-order valence-corrected chi connectivity index (χ2v) is 14.8. The Morgan fingerprint density at radius 3 is 2.04 bits per heavy atom. The summed E-state index contributed by atoms with van der Waals surface area (Å²) in [6.45, 7) is 11.7. The fourth-order valence-electron chi connectivity index (χ4n) is 6.22. The van der Waals surface area contributed by atoms with Crippen LogP contribution in [-0.2, 0) is 36.9 Å². The fourth-order valence-corrected chi connectivity index (χ4v) is 6.22. The summed E-state index contributed by atoms with van der Waals surface area (Å²) in [5.41, 5.74) is 0.701. The Labute approximate surface area is 301 Å². The number of hydrogen-bond donors (Lipinski definition) is 2. The molecule has 0 saturated carbocycles. The lowest BCUT2D eigenvalue weighted by atomic mass is 9.94. The second-order valence-electron chi connectivity index (χ2n) is 14.8. The van der Waals surface area contributed by atoms with E-state index in [2.05, 4.69) is 10.6 Å². The Hall–Kier alpha value is -4.61. The third-order valence-corrected chi connectivity index (χ3v) is 8.87.